The SMILES string of the molecule is CNC(C)=O.COC1/C=C/CC(C)C(C)S(=O)NC(=O)c2ccc3c(c2)N(CC2CCC21)C[C@@]1(CCCc2cc(Cl)ccc21)CO3. The number of nitrogens with zero attached hydrogens (tertiary/aromatic N) is 1. The first kappa shape index (κ1) is 34.5. The Kier molecular flexibility index (Phi) is 11.2. The Hall–Kier alpha value is -2.88. The fourth-order valence-electron chi connectivity index (χ4n) is 7.26. The minimum Gasteiger partial charge on any atom is -0.490 e. The molecule has 4 aliphatic rings. The van der Waals surface area contributed by atoms with Gasteiger partial charge in [-0.1, -0.05) is 36.7 Å². The lowest BCUT2D eigenvalue weighted by atomic mass is 9.68. The molecule has 2 aliphatic carbocycles. The molecule has 250 valence electrons. The van der Waals surface area contributed by atoms with Crippen LogP contribution >= 0.6 is 11.6 Å². The zero-order chi connectivity index (χ0) is 33.0. The van der Waals surface area contributed by atoms with E-state index < -0.39 is 11.0 Å². The van der Waals surface area contributed by atoms with Gasteiger partial charge in [0.25, 0.3) is 5.91 Å². The zero-order valence-corrected chi connectivity index (χ0v) is 29.2. The summed E-state index contributed by atoms with van der Waals surface area (Å²) in [5, 5.41) is 2.98. The molecule has 1 fully saturated rings. The second kappa shape index (κ2) is 14.9. The lowest BCUT2D eigenvalue weighted by molar-refractivity contribution is -0.118. The van der Waals surface area contributed by atoms with Gasteiger partial charge >= 0.3 is 0 Å². The number of anilines is 1. The summed E-state index contributed by atoms with van der Waals surface area (Å²) in [6.45, 7) is 7.74. The molecule has 0 aromatic heterocycles. The number of benzene rings is 2. The summed E-state index contributed by atoms with van der Waals surface area (Å²) in [5.41, 5.74) is 3.90. The molecule has 2 aliphatic heterocycles. The summed E-state index contributed by atoms with van der Waals surface area (Å²) >= 11 is 6.41. The molecule has 2 aromatic rings. The Balaban J connectivity index is 0.000000775. The van der Waals surface area contributed by atoms with Gasteiger partial charge in [-0.2, -0.15) is 0 Å². The molecule has 2 N–H and O–H groups in total. The maximum absolute atomic E-state index is 13.3. The number of halogens is 1. The quantitative estimate of drug-likeness (QED) is 0.363. The Bertz CT molecular complexity index is 1480. The predicted molar refractivity (Wildman–Crippen MR) is 185 cm³/mol. The Morgan fingerprint density at radius 2 is 1.98 bits per heavy atom. The normalized spacial score (nSPS) is 31.3. The molecule has 6 unspecified atom stereocenters. The summed E-state index contributed by atoms with van der Waals surface area (Å²) in [6.07, 6.45) is 10.6. The average molecular weight is 670 g/mol. The van der Waals surface area contributed by atoms with Crippen LogP contribution < -0.4 is 19.7 Å². The molecule has 0 radical (unpaired) electrons. The van der Waals surface area contributed by atoms with Crippen LogP contribution in [0.2, 0.25) is 5.02 Å². The van der Waals surface area contributed by atoms with Crippen molar-refractivity contribution < 1.29 is 23.3 Å². The minimum atomic E-state index is -1.50. The van der Waals surface area contributed by atoms with Crippen molar-refractivity contribution in [3.8, 4) is 5.75 Å². The van der Waals surface area contributed by atoms with Crippen molar-refractivity contribution in [2.75, 3.05) is 38.8 Å². The van der Waals surface area contributed by atoms with Gasteiger partial charge in [0, 0.05) is 50.2 Å². The van der Waals surface area contributed by atoms with E-state index in [1.54, 1.807) is 20.2 Å². The van der Waals surface area contributed by atoms with Crippen molar-refractivity contribution in [1.29, 1.82) is 0 Å². The third-order valence-corrected chi connectivity index (χ3v) is 12.2. The number of hydrogen-bond acceptors (Lipinski definition) is 6. The molecular weight excluding hydrogens is 622 g/mol. The summed E-state index contributed by atoms with van der Waals surface area (Å²) in [6, 6.07) is 12.0. The van der Waals surface area contributed by atoms with Crippen LogP contribution in [0.1, 0.15) is 74.4 Å². The van der Waals surface area contributed by atoms with Crippen molar-refractivity contribution >= 4 is 40.1 Å². The van der Waals surface area contributed by atoms with E-state index in [1.165, 1.54) is 18.1 Å². The van der Waals surface area contributed by atoms with E-state index >= 15 is 0 Å². The molecule has 2 amide bonds. The minimum absolute atomic E-state index is 0.00463. The van der Waals surface area contributed by atoms with Crippen LogP contribution in [0, 0.1) is 17.8 Å². The standard InChI is InChI=1S/C33H41ClN2O4S.C3H7NO/c1-21-6-4-8-30(39-3)27-12-9-25(27)18-36-19-33(15-5-7-23-16-26(34)11-13-28(23)33)20-40-31-14-10-24(17-29(31)36)32(37)35-41(38)22(21)2;1-3(5)4-2/h4,8,10-11,13-14,16-17,21-22,25,27,30H,5-7,9,12,15,18-20H2,1-3H3,(H,35,37);1-2H3,(H,4,5)/b8-4+;/t21?,22?,25?,27?,30?,33-,41?;/m0./s1. The fourth-order valence-corrected chi connectivity index (χ4v) is 8.48. The van der Waals surface area contributed by atoms with Gasteiger partial charge in [0.05, 0.1) is 23.6 Å². The average Bonchev–Trinajstić information content (AvgIpc) is 3.18. The first-order chi connectivity index (χ1) is 22.0. The van der Waals surface area contributed by atoms with Crippen LogP contribution in [0.3, 0.4) is 0 Å². The van der Waals surface area contributed by atoms with Gasteiger partial charge < -0.3 is 19.7 Å². The molecule has 2 aromatic carbocycles. The van der Waals surface area contributed by atoms with Crippen LogP contribution in [0.15, 0.2) is 48.6 Å². The summed E-state index contributed by atoms with van der Waals surface area (Å²) in [4.78, 5) is 25.5. The number of methoxy groups -OCH3 is 1. The van der Waals surface area contributed by atoms with E-state index in [0.717, 1.165) is 68.1 Å². The van der Waals surface area contributed by atoms with Gasteiger partial charge in [0.1, 0.15) is 16.7 Å². The highest BCUT2D eigenvalue weighted by atomic mass is 35.5. The molecule has 0 saturated heterocycles. The number of aryl methyl sites for hydroxylation is 1. The lowest BCUT2D eigenvalue weighted by Gasteiger charge is -2.46. The van der Waals surface area contributed by atoms with Crippen LogP contribution in [0.5, 0.6) is 5.75 Å². The van der Waals surface area contributed by atoms with Gasteiger partial charge in [-0.25, -0.2) is 4.21 Å². The highest BCUT2D eigenvalue weighted by Gasteiger charge is 2.44. The van der Waals surface area contributed by atoms with E-state index in [0.29, 0.717) is 24.0 Å². The molecule has 6 rings (SSSR count). The van der Waals surface area contributed by atoms with Gasteiger partial charge in [-0.05, 0) is 105 Å². The molecule has 2 bridgehead atoms. The molecule has 2 heterocycles. The molecule has 46 heavy (non-hydrogen) atoms. The lowest BCUT2D eigenvalue weighted by Crippen LogP contribution is -2.49. The number of amides is 2. The third-order valence-electron chi connectivity index (χ3n) is 10.4. The van der Waals surface area contributed by atoms with Crippen LogP contribution in [-0.2, 0) is 32.4 Å². The second-order valence-corrected chi connectivity index (χ2v) is 15.3. The maximum Gasteiger partial charge on any atom is 0.263 e. The van der Waals surface area contributed by atoms with Gasteiger partial charge in [-0.15, -0.1) is 0 Å². The molecular formula is C36H48ClN3O5S. The monoisotopic (exact) mass is 669 g/mol. The number of nitrogens with one attached hydrogen (secondary N) is 2. The fraction of sp³-hybridized carbons (Fsp3) is 0.556. The predicted octanol–water partition coefficient (Wildman–Crippen LogP) is 5.98. The Morgan fingerprint density at radius 3 is 2.67 bits per heavy atom. The molecule has 10 heteroatoms. The summed E-state index contributed by atoms with van der Waals surface area (Å²) < 4.78 is 28.5. The number of allylic oxidation sites excluding steroid dienone is 1. The molecule has 1 saturated carbocycles. The van der Waals surface area contributed by atoms with Gasteiger partial charge in [0.2, 0.25) is 5.91 Å². The highest BCUT2D eigenvalue weighted by Crippen LogP contribution is 2.47. The van der Waals surface area contributed by atoms with E-state index in [1.807, 2.05) is 25.1 Å². The molecule has 8 nitrogen and oxygen atoms in total. The summed E-state index contributed by atoms with van der Waals surface area (Å²) in [7, 11) is 1.90. The highest BCUT2D eigenvalue weighted by molar-refractivity contribution is 7.84. The zero-order valence-electron chi connectivity index (χ0n) is 27.6. The first-order valence-electron chi connectivity index (χ1n) is 16.4. The first-order valence-corrected chi connectivity index (χ1v) is 18.0. The van der Waals surface area contributed by atoms with Crippen LogP contribution in [0.4, 0.5) is 5.69 Å². The van der Waals surface area contributed by atoms with Gasteiger partial charge in [0.15, 0.2) is 0 Å². The van der Waals surface area contributed by atoms with E-state index in [2.05, 4.69) is 46.1 Å². The number of hydrogen-bond donors (Lipinski definition) is 2. The van der Waals surface area contributed by atoms with Crippen molar-refractivity contribution in [2.45, 2.75) is 76.1 Å². The molecule has 7 atom stereocenters. The van der Waals surface area contributed by atoms with Crippen molar-refractivity contribution in [1.82, 2.24) is 10.0 Å². The van der Waals surface area contributed by atoms with Crippen molar-refractivity contribution in [3.05, 3.63) is 70.3 Å². The summed E-state index contributed by atoms with van der Waals surface area (Å²) in [5.74, 6) is 1.53. The van der Waals surface area contributed by atoms with E-state index in [9.17, 15) is 13.8 Å². The number of carbonyl (C=O) groups is 2. The van der Waals surface area contributed by atoms with E-state index in [4.69, 9.17) is 21.1 Å². The second-order valence-electron chi connectivity index (χ2n) is 13.4. The Morgan fingerprint density at radius 1 is 1.20 bits per heavy atom. The van der Waals surface area contributed by atoms with Crippen LogP contribution in [-0.4, -0.2) is 61.2 Å². The number of fused-ring (bicyclic) bond motifs is 4. The van der Waals surface area contributed by atoms with Crippen molar-refractivity contribution in [3.63, 3.8) is 0 Å². The smallest absolute Gasteiger partial charge is 0.263 e. The van der Waals surface area contributed by atoms with E-state index in [-0.39, 0.29) is 34.5 Å². The number of ether oxygens (including phenoxy) is 2. The number of rotatable bonds is 1. The topological polar surface area (TPSA) is 97.0 Å². The number of carbonyl (C=O) groups excluding carboxylic acids is 2. The van der Waals surface area contributed by atoms with Crippen molar-refractivity contribution in [2.24, 2.45) is 17.8 Å². The third kappa shape index (κ3) is 7.47. The van der Waals surface area contributed by atoms with Crippen LogP contribution in [0.25, 0.3) is 0 Å². The maximum atomic E-state index is 13.3. The molecule has 1 spiro atoms. The largest absolute Gasteiger partial charge is 0.490 e. The van der Waals surface area contributed by atoms with Gasteiger partial charge in [-0.3, -0.25) is 14.3 Å². The Labute approximate surface area is 281 Å².